The highest BCUT2D eigenvalue weighted by atomic mass is 19.2. The third-order valence-corrected chi connectivity index (χ3v) is 2.19. The number of halogens is 5. The smallest absolute Gasteiger partial charge is 0.358 e. The molecule has 19 heavy (non-hydrogen) atoms. The molecule has 0 atom stereocenters. The third-order valence-electron chi connectivity index (χ3n) is 2.19. The van der Waals surface area contributed by atoms with Crippen molar-refractivity contribution in [1.82, 2.24) is 5.16 Å². The van der Waals surface area contributed by atoms with Gasteiger partial charge in [0.25, 0.3) is 0 Å². The minimum atomic E-state index is -2.32. The van der Waals surface area contributed by atoms with Gasteiger partial charge in [0.1, 0.15) is 0 Å². The normalized spacial score (nSPS) is 10.8. The van der Waals surface area contributed by atoms with Gasteiger partial charge in [-0.1, -0.05) is 5.16 Å². The number of benzene rings is 1. The zero-order chi connectivity index (χ0) is 14.3. The first-order chi connectivity index (χ1) is 8.84. The predicted octanol–water partition coefficient (Wildman–Crippen LogP) is 2.74. The molecule has 4 nitrogen and oxygen atoms in total. The van der Waals surface area contributed by atoms with Gasteiger partial charge in [-0.15, -0.1) is 0 Å². The Balaban J connectivity index is 2.71. The SMILES string of the molecule is O=C(O)c1cc(-c2c(F)c(F)c(F)c(F)c2F)on1. The summed E-state index contributed by atoms with van der Waals surface area (Å²) in [6.45, 7) is 0. The van der Waals surface area contributed by atoms with Crippen molar-refractivity contribution in [1.29, 1.82) is 0 Å². The number of carboxylic acids is 1. The molecule has 0 saturated heterocycles. The zero-order valence-corrected chi connectivity index (χ0v) is 8.68. The number of rotatable bonds is 2. The van der Waals surface area contributed by atoms with Crippen LogP contribution in [0.3, 0.4) is 0 Å². The maximum absolute atomic E-state index is 13.3. The van der Waals surface area contributed by atoms with Crippen molar-refractivity contribution in [3.8, 4) is 11.3 Å². The highest BCUT2D eigenvalue weighted by Crippen LogP contribution is 2.31. The summed E-state index contributed by atoms with van der Waals surface area (Å²) in [4.78, 5) is 10.5. The molecule has 0 fully saturated rings. The molecule has 1 heterocycles. The van der Waals surface area contributed by atoms with E-state index in [0.29, 0.717) is 6.07 Å². The molecule has 2 aromatic rings. The molecule has 0 saturated carbocycles. The second-order valence-corrected chi connectivity index (χ2v) is 3.33. The van der Waals surface area contributed by atoms with Crippen LogP contribution in [0.25, 0.3) is 11.3 Å². The molecule has 0 aliphatic rings. The van der Waals surface area contributed by atoms with Gasteiger partial charge in [0.15, 0.2) is 34.7 Å². The van der Waals surface area contributed by atoms with E-state index in [2.05, 4.69) is 9.68 Å². The fourth-order valence-corrected chi connectivity index (χ4v) is 1.32. The predicted molar refractivity (Wildman–Crippen MR) is 48.7 cm³/mol. The fraction of sp³-hybridized carbons (Fsp3) is 0. The molecule has 0 unspecified atom stereocenters. The van der Waals surface area contributed by atoms with Crippen molar-refractivity contribution in [2.75, 3.05) is 0 Å². The van der Waals surface area contributed by atoms with E-state index in [-0.39, 0.29) is 0 Å². The van der Waals surface area contributed by atoms with E-state index in [0.717, 1.165) is 0 Å². The molecule has 2 rings (SSSR count). The molecule has 1 N–H and O–H groups in total. The Kier molecular flexibility index (Phi) is 2.97. The lowest BCUT2D eigenvalue weighted by Gasteiger charge is -2.04. The highest BCUT2D eigenvalue weighted by molar-refractivity contribution is 5.86. The van der Waals surface area contributed by atoms with Crippen molar-refractivity contribution in [2.45, 2.75) is 0 Å². The van der Waals surface area contributed by atoms with Crippen LogP contribution < -0.4 is 0 Å². The lowest BCUT2D eigenvalue weighted by Crippen LogP contribution is -2.03. The largest absolute Gasteiger partial charge is 0.476 e. The second kappa shape index (κ2) is 4.34. The van der Waals surface area contributed by atoms with Crippen molar-refractivity contribution < 1.29 is 36.4 Å². The third kappa shape index (κ3) is 1.92. The average Bonchev–Trinajstić information content (AvgIpc) is 2.84. The molecule has 9 heteroatoms. The molecule has 1 aromatic heterocycles. The van der Waals surface area contributed by atoms with Crippen molar-refractivity contribution in [2.24, 2.45) is 0 Å². The Morgan fingerprint density at radius 1 is 1.00 bits per heavy atom. The average molecular weight is 279 g/mol. The molecule has 100 valence electrons. The number of hydrogen-bond acceptors (Lipinski definition) is 3. The summed E-state index contributed by atoms with van der Waals surface area (Å²) in [5, 5.41) is 11.4. The summed E-state index contributed by atoms with van der Waals surface area (Å²) >= 11 is 0. The number of aromatic nitrogens is 1. The highest BCUT2D eigenvalue weighted by Gasteiger charge is 2.29. The van der Waals surface area contributed by atoms with Gasteiger partial charge >= 0.3 is 5.97 Å². The van der Waals surface area contributed by atoms with Gasteiger partial charge < -0.3 is 9.63 Å². The van der Waals surface area contributed by atoms with Crippen LogP contribution in [0, 0.1) is 29.1 Å². The second-order valence-electron chi connectivity index (χ2n) is 3.33. The maximum Gasteiger partial charge on any atom is 0.358 e. The first kappa shape index (κ1) is 13.0. The Labute approximate surface area is 101 Å². The molecule has 1 aromatic carbocycles. The summed E-state index contributed by atoms with van der Waals surface area (Å²) in [7, 11) is 0. The van der Waals surface area contributed by atoms with Crippen LogP contribution in [0.15, 0.2) is 10.6 Å². The first-order valence-corrected chi connectivity index (χ1v) is 4.56. The van der Waals surface area contributed by atoms with Crippen LogP contribution in [-0.4, -0.2) is 16.2 Å². The van der Waals surface area contributed by atoms with Crippen molar-refractivity contribution in [3.63, 3.8) is 0 Å². The quantitative estimate of drug-likeness (QED) is 0.521. The monoisotopic (exact) mass is 279 g/mol. The van der Waals surface area contributed by atoms with E-state index >= 15 is 0 Å². The molecule has 0 amide bonds. The van der Waals surface area contributed by atoms with Gasteiger partial charge in [0.2, 0.25) is 5.82 Å². The van der Waals surface area contributed by atoms with E-state index in [4.69, 9.17) is 5.11 Å². The van der Waals surface area contributed by atoms with E-state index in [1.165, 1.54) is 0 Å². The van der Waals surface area contributed by atoms with Gasteiger partial charge in [-0.25, -0.2) is 26.7 Å². The summed E-state index contributed by atoms with van der Waals surface area (Å²) < 4.78 is 69.5. The van der Waals surface area contributed by atoms with E-state index in [9.17, 15) is 26.7 Å². The van der Waals surface area contributed by atoms with Crippen LogP contribution >= 0.6 is 0 Å². The first-order valence-electron chi connectivity index (χ1n) is 4.56. The summed E-state index contributed by atoms with van der Waals surface area (Å²) in [5.41, 5.74) is -2.12. The lowest BCUT2D eigenvalue weighted by atomic mass is 10.1. The molecule has 0 bridgehead atoms. The van der Waals surface area contributed by atoms with Crippen LogP contribution in [0.4, 0.5) is 22.0 Å². The summed E-state index contributed by atoms with van der Waals surface area (Å²) in [6, 6.07) is 0.542. The Morgan fingerprint density at radius 2 is 1.47 bits per heavy atom. The van der Waals surface area contributed by atoms with E-state index < -0.39 is 52.1 Å². The standard InChI is InChI=1S/C10H2F5NO3/c11-5-4(3-1-2(10(17)18)16-19-3)6(12)8(14)9(15)7(5)13/h1H,(H,17,18). The molecular weight excluding hydrogens is 277 g/mol. The van der Waals surface area contributed by atoms with Gasteiger partial charge in [-0.3, -0.25) is 0 Å². The fourth-order valence-electron chi connectivity index (χ4n) is 1.32. The maximum atomic E-state index is 13.3. The topological polar surface area (TPSA) is 63.3 Å². The molecule has 0 aliphatic carbocycles. The molecule has 0 aliphatic heterocycles. The van der Waals surface area contributed by atoms with Gasteiger partial charge in [-0.05, 0) is 0 Å². The van der Waals surface area contributed by atoms with Crippen molar-refractivity contribution in [3.05, 3.63) is 40.8 Å². The van der Waals surface area contributed by atoms with Crippen LogP contribution in [0.2, 0.25) is 0 Å². The Bertz CT molecular complexity index is 653. The van der Waals surface area contributed by atoms with Crippen molar-refractivity contribution >= 4 is 5.97 Å². The molecule has 0 radical (unpaired) electrons. The number of carboxylic acid groups (broad SMARTS) is 1. The number of nitrogens with zero attached hydrogens (tertiary/aromatic N) is 1. The molecule has 0 spiro atoms. The summed E-state index contributed by atoms with van der Waals surface area (Å²) in [5.74, 6) is -13.4. The summed E-state index contributed by atoms with van der Waals surface area (Å²) in [6.07, 6.45) is 0. The van der Waals surface area contributed by atoms with Gasteiger partial charge in [-0.2, -0.15) is 0 Å². The number of hydrogen-bond donors (Lipinski definition) is 1. The lowest BCUT2D eigenvalue weighted by molar-refractivity contribution is 0.0686. The minimum Gasteiger partial charge on any atom is -0.476 e. The Hall–Kier alpha value is -2.45. The molecular formula is C10H2F5NO3. The minimum absolute atomic E-state index is 0.542. The van der Waals surface area contributed by atoms with Gasteiger partial charge in [0, 0.05) is 6.07 Å². The van der Waals surface area contributed by atoms with Crippen LogP contribution in [0.1, 0.15) is 10.5 Å². The van der Waals surface area contributed by atoms with Crippen LogP contribution in [0.5, 0.6) is 0 Å². The van der Waals surface area contributed by atoms with Gasteiger partial charge in [0.05, 0.1) is 5.56 Å². The van der Waals surface area contributed by atoms with E-state index in [1.54, 1.807) is 0 Å². The Morgan fingerprint density at radius 3 is 1.89 bits per heavy atom. The number of aromatic carboxylic acids is 1. The number of carbonyl (C=O) groups is 1. The van der Waals surface area contributed by atoms with Crippen LogP contribution in [-0.2, 0) is 0 Å². The van der Waals surface area contributed by atoms with E-state index in [1.807, 2.05) is 0 Å². The zero-order valence-electron chi connectivity index (χ0n) is 8.68.